The van der Waals surface area contributed by atoms with Gasteiger partial charge in [0.05, 0.1) is 0 Å². The van der Waals surface area contributed by atoms with Gasteiger partial charge in [0, 0.05) is 6.42 Å². The number of carbonyl (C=O) groups excluding carboxylic acids is 1. The highest BCUT2D eigenvalue weighted by Gasteiger charge is 2.21. The zero-order valence-corrected chi connectivity index (χ0v) is 11.1. The third-order valence-corrected chi connectivity index (χ3v) is 3.35. The lowest BCUT2D eigenvalue weighted by atomic mass is 9.81. The quantitative estimate of drug-likeness (QED) is 0.596. The lowest BCUT2D eigenvalue weighted by Gasteiger charge is -2.21. The molecule has 0 aliphatic heterocycles. The van der Waals surface area contributed by atoms with Crippen LogP contribution in [-0.2, 0) is 4.79 Å². The Labute approximate surface area is 113 Å². The van der Waals surface area contributed by atoms with Gasteiger partial charge in [-0.3, -0.25) is 0 Å². The van der Waals surface area contributed by atoms with E-state index in [1.807, 2.05) is 56.3 Å². The normalized spacial score (nSPS) is 12.6. The Kier molecular flexibility index (Phi) is 5.51. The van der Waals surface area contributed by atoms with Gasteiger partial charge >= 0.3 is 0 Å². The second kappa shape index (κ2) is 7.13. The van der Waals surface area contributed by atoms with Crippen molar-refractivity contribution in [3.63, 3.8) is 0 Å². The van der Waals surface area contributed by atoms with Gasteiger partial charge in [0.15, 0.2) is 0 Å². The van der Waals surface area contributed by atoms with Crippen LogP contribution in [0.15, 0.2) is 35.9 Å². The van der Waals surface area contributed by atoms with Crippen molar-refractivity contribution in [2.45, 2.75) is 20.3 Å². The lowest BCUT2D eigenvalue weighted by molar-refractivity contribution is -0.108. The Bertz CT molecular complexity index is 530. The van der Waals surface area contributed by atoms with E-state index >= 15 is 0 Å². The fraction of sp³-hybridized carbons (Fsp3) is 0.312. The maximum absolute atomic E-state index is 10.6. The van der Waals surface area contributed by atoms with Crippen molar-refractivity contribution in [1.82, 2.24) is 0 Å². The molecule has 3 heteroatoms. The van der Waals surface area contributed by atoms with Crippen molar-refractivity contribution >= 4 is 11.9 Å². The first kappa shape index (κ1) is 14.7. The van der Waals surface area contributed by atoms with Crippen molar-refractivity contribution in [2.24, 2.45) is 11.8 Å². The van der Waals surface area contributed by atoms with Crippen LogP contribution in [0.1, 0.15) is 25.8 Å². The molecule has 1 aromatic rings. The van der Waals surface area contributed by atoms with E-state index in [0.717, 1.165) is 17.4 Å². The number of allylic oxidation sites excluding steroid dienone is 2. The van der Waals surface area contributed by atoms with Gasteiger partial charge in [-0.25, -0.2) is 0 Å². The number of hydrogen-bond donors (Lipinski definition) is 0. The summed E-state index contributed by atoms with van der Waals surface area (Å²) in [5, 5.41) is 18.2. The van der Waals surface area contributed by atoms with Crippen molar-refractivity contribution in [1.29, 1.82) is 10.5 Å². The van der Waals surface area contributed by atoms with Gasteiger partial charge in [-0.15, -0.1) is 0 Å². The van der Waals surface area contributed by atoms with Gasteiger partial charge in [0.1, 0.15) is 24.0 Å². The summed E-state index contributed by atoms with van der Waals surface area (Å²) >= 11 is 0. The molecule has 1 aromatic carbocycles. The molecule has 0 saturated carbocycles. The summed E-state index contributed by atoms with van der Waals surface area (Å²) in [4.78, 5) is 10.6. The highest BCUT2D eigenvalue weighted by molar-refractivity contribution is 5.76. The van der Waals surface area contributed by atoms with E-state index in [1.165, 1.54) is 0 Å². The van der Waals surface area contributed by atoms with Crippen LogP contribution >= 0.6 is 0 Å². The number of nitriles is 2. The number of carbonyl (C=O) groups is 1. The van der Waals surface area contributed by atoms with Crippen LogP contribution in [0.25, 0.3) is 5.57 Å². The van der Waals surface area contributed by atoms with Crippen LogP contribution in [0, 0.1) is 34.5 Å². The van der Waals surface area contributed by atoms with Gasteiger partial charge in [-0.05, 0) is 23.0 Å². The molecular formula is C16H16N2O. The topological polar surface area (TPSA) is 64.7 Å². The molecule has 0 aliphatic carbocycles. The fourth-order valence-corrected chi connectivity index (χ4v) is 2.04. The molecule has 1 rings (SSSR count). The minimum Gasteiger partial charge on any atom is -0.303 e. The molecule has 96 valence electrons. The zero-order chi connectivity index (χ0) is 14.3. The first-order chi connectivity index (χ1) is 9.15. The molecule has 2 atom stereocenters. The van der Waals surface area contributed by atoms with E-state index in [-0.39, 0.29) is 17.4 Å². The Hall–Kier alpha value is -2.39. The minimum atomic E-state index is -0.0260. The summed E-state index contributed by atoms with van der Waals surface area (Å²) in [6.07, 6.45) is 1.30. The van der Waals surface area contributed by atoms with Crippen LogP contribution in [0.3, 0.4) is 0 Å². The van der Waals surface area contributed by atoms with E-state index < -0.39 is 0 Å². The van der Waals surface area contributed by atoms with Crippen LogP contribution in [0.5, 0.6) is 0 Å². The molecule has 0 saturated heterocycles. The highest BCUT2D eigenvalue weighted by atomic mass is 16.1. The molecule has 0 bridgehead atoms. The first-order valence-corrected chi connectivity index (χ1v) is 6.19. The van der Waals surface area contributed by atoms with Gasteiger partial charge in [-0.2, -0.15) is 10.5 Å². The van der Waals surface area contributed by atoms with Crippen molar-refractivity contribution < 1.29 is 4.79 Å². The molecule has 0 unspecified atom stereocenters. The van der Waals surface area contributed by atoms with Crippen LogP contribution in [0.2, 0.25) is 0 Å². The molecule has 19 heavy (non-hydrogen) atoms. The van der Waals surface area contributed by atoms with E-state index in [4.69, 9.17) is 10.5 Å². The molecule has 0 radical (unpaired) electrons. The van der Waals surface area contributed by atoms with Crippen LogP contribution in [-0.4, -0.2) is 6.29 Å². The van der Waals surface area contributed by atoms with Crippen molar-refractivity contribution in [3.8, 4) is 12.1 Å². The van der Waals surface area contributed by atoms with E-state index in [0.29, 0.717) is 6.42 Å². The number of benzene rings is 1. The zero-order valence-electron chi connectivity index (χ0n) is 11.1. The average Bonchev–Trinajstić information content (AvgIpc) is 2.45. The van der Waals surface area contributed by atoms with E-state index in [2.05, 4.69) is 0 Å². The molecule has 0 N–H and O–H groups in total. The average molecular weight is 252 g/mol. The summed E-state index contributed by atoms with van der Waals surface area (Å²) in [7, 11) is 0. The molecule has 0 amide bonds. The standard InChI is InChI=1S/C16H16N2O/c1-12(8-9-19)13(2)16(15(10-17)11-18)14-6-4-3-5-7-14/h3-7,9,12-13H,8H2,1-2H3/t12-,13+/m1/s1. The Balaban J connectivity index is 3.31. The second-order valence-electron chi connectivity index (χ2n) is 4.55. The first-order valence-electron chi connectivity index (χ1n) is 6.19. The molecule has 0 spiro atoms. The maximum atomic E-state index is 10.6. The minimum absolute atomic E-state index is 0.0260. The predicted octanol–water partition coefficient (Wildman–Crippen LogP) is 3.35. The number of rotatable bonds is 5. The molecular weight excluding hydrogens is 236 g/mol. The number of hydrogen-bond acceptors (Lipinski definition) is 3. The van der Waals surface area contributed by atoms with E-state index in [9.17, 15) is 4.79 Å². The van der Waals surface area contributed by atoms with Crippen molar-refractivity contribution in [3.05, 3.63) is 41.5 Å². The SMILES string of the molecule is C[C@H](CC=O)[C@H](C)C(=C(C#N)C#N)c1ccccc1. The third-order valence-electron chi connectivity index (χ3n) is 3.35. The van der Waals surface area contributed by atoms with Gasteiger partial charge in [0.25, 0.3) is 0 Å². The smallest absolute Gasteiger partial charge is 0.133 e. The van der Waals surface area contributed by atoms with Crippen LogP contribution in [0.4, 0.5) is 0 Å². The molecule has 3 nitrogen and oxygen atoms in total. The largest absolute Gasteiger partial charge is 0.303 e. The maximum Gasteiger partial charge on any atom is 0.133 e. The van der Waals surface area contributed by atoms with Gasteiger partial charge in [0.2, 0.25) is 0 Å². The number of nitrogens with zero attached hydrogens (tertiary/aromatic N) is 2. The van der Waals surface area contributed by atoms with Gasteiger partial charge < -0.3 is 4.79 Å². The van der Waals surface area contributed by atoms with E-state index in [1.54, 1.807) is 0 Å². The highest BCUT2D eigenvalue weighted by Crippen LogP contribution is 2.32. The molecule has 0 heterocycles. The van der Waals surface area contributed by atoms with Crippen molar-refractivity contribution in [2.75, 3.05) is 0 Å². The summed E-state index contributed by atoms with van der Waals surface area (Å²) in [5.74, 6) is 0.0614. The molecule has 0 aliphatic rings. The third kappa shape index (κ3) is 3.53. The van der Waals surface area contributed by atoms with Gasteiger partial charge in [-0.1, -0.05) is 44.2 Å². The summed E-state index contributed by atoms with van der Waals surface area (Å²) in [6, 6.07) is 13.3. The lowest BCUT2D eigenvalue weighted by Crippen LogP contribution is -2.12. The summed E-state index contributed by atoms with van der Waals surface area (Å²) < 4.78 is 0. The summed E-state index contributed by atoms with van der Waals surface area (Å²) in [6.45, 7) is 3.90. The Morgan fingerprint density at radius 1 is 1.21 bits per heavy atom. The summed E-state index contributed by atoms with van der Waals surface area (Å²) in [5.41, 5.74) is 1.71. The van der Waals surface area contributed by atoms with Crippen LogP contribution < -0.4 is 0 Å². The molecule has 0 fully saturated rings. The predicted molar refractivity (Wildman–Crippen MR) is 73.6 cm³/mol. The monoisotopic (exact) mass is 252 g/mol. The Morgan fingerprint density at radius 2 is 1.79 bits per heavy atom. The fourth-order valence-electron chi connectivity index (χ4n) is 2.04. The second-order valence-corrected chi connectivity index (χ2v) is 4.55. The Morgan fingerprint density at radius 3 is 2.26 bits per heavy atom. The molecule has 0 aromatic heterocycles. The number of aldehydes is 1.